The lowest BCUT2D eigenvalue weighted by Gasteiger charge is -2.36. The highest BCUT2D eigenvalue weighted by Crippen LogP contribution is 2.28. The van der Waals surface area contributed by atoms with Crippen molar-refractivity contribution in [3.05, 3.63) is 53.6 Å². The summed E-state index contributed by atoms with van der Waals surface area (Å²) in [5.41, 5.74) is 2.79. The fourth-order valence-corrected chi connectivity index (χ4v) is 3.19. The molecule has 1 heterocycles. The summed E-state index contributed by atoms with van der Waals surface area (Å²) in [5.74, 6) is -0.255. The molecule has 0 unspecified atom stereocenters. The van der Waals surface area contributed by atoms with E-state index in [-0.39, 0.29) is 11.7 Å². The maximum absolute atomic E-state index is 12.6. The summed E-state index contributed by atoms with van der Waals surface area (Å²) in [6.07, 6.45) is 0. The van der Waals surface area contributed by atoms with Crippen molar-refractivity contribution >= 4 is 17.3 Å². The first kappa shape index (κ1) is 17.3. The van der Waals surface area contributed by atoms with Crippen molar-refractivity contribution in [2.75, 3.05) is 42.9 Å². The van der Waals surface area contributed by atoms with Crippen molar-refractivity contribution in [1.82, 2.24) is 4.90 Å². The lowest BCUT2D eigenvalue weighted by atomic mass is 10.1. The number of likely N-dealkylation sites (N-methyl/N-ethyl adjacent to an activating group) is 1. The topological polar surface area (TPSA) is 55.8 Å². The third-order valence-electron chi connectivity index (χ3n) is 4.79. The van der Waals surface area contributed by atoms with Gasteiger partial charge < -0.3 is 20.2 Å². The van der Waals surface area contributed by atoms with Crippen LogP contribution in [0.3, 0.4) is 0 Å². The van der Waals surface area contributed by atoms with Crippen LogP contribution in [0.15, 0.2) is 42.5 Å². The molecule has 5 nitrogen and oxygen atoms in total. The van der Waals surface area contributed by atoms with E-state index in [4.69, 9.17) is 0 Å². The first-order valence-electron chi connectivity index (χ1n) is 8.76. The Morgan fingerprint density at radius 1 is 1.08 bits per heavy atom. The first-order valence-corrected chi connectivity index (χ1v) is 8.76. The normalized spacial score (nSPS) is 15.2. The van der Waals surface area contributed by atoms with Crippen LogP contribution in [0.25, 0.3) is 0 Å². The zero-order valence-corrected chi connectivity index (χ0v) is 14.8. The molecule has 1 aliphatic heterocycles. The Morgan fingerprint density at radius 3 is 2.52 bits per heavy atom. The predicted octanol–water partition coefficient (Wildman–Crippen LogP) is 3.09. The van der Waals surface area contributed by atoms with Gasteiger partial charge >= 0.3 is 0 Å². The highest BCUT2D eigenvalue weighted by atomic mass is 16.3. The Labute approximate surface area is 148 Å². The second-order valence-corrected chi connectivity index (χ2v) is 6.36. The van der Waals surface area contributed by atoms with E-state index >= 15 is 0 Å². The quantitative estimate of drug-likeness (QED) is 0.899. The third-order valence-corrected chi connectivity index (χ3v) is 4.79. The first-order chi connectivity index (χ1) is 12.1. The maximum Gasteiger partial charge on any atom is 0.259 e. The Hall–Kier alpha value is -2.53. The summed E-state index contributed by atoms with van der Waals surface area (Å²) in [6, 6.07) is 13.0. The monoisotopic (exact) mass is 339 g/mol. The van der Waals surface area contributed by atoms with E-state index in [0.29, 0.717) is 11.1 Å². The largest absolute Gasteiger partial charge is 0.507 e. The number of nitrogens with one attached hydrogen (secondary N) is 1. The Balaban J connectivity index is 1.79. The average molecular weight is 339 g/mol. The number of piperazine rings is 1. The summed E-state index contributed by atoms with van der Waals surface area (Å²) in [4.78, 5) is 17.3. The number of rotatable bonds is 4. The molecule has 0 atom stereocenters. The van der Waals surface area contributed by atoms with Crippen LogP contribution in [-0.4, -0.2) is 48.6 Å². The van der Waals surface area contributed by atoms with Gasteiger partial charge in [-0.2, -0.15) is 0 Å². The van der Waals surface area contributed by atoms with Gasteiger partial charge in [0.25, 0.3) is 5.91 Å². The molecule has 2 aromatic rings. The minimum atomic E-state index is -0.291. The van der Waals surface area contributed by atoms with Crippen LogP contribution in [0.1, 0.15) is 22.8 Å². The van der Waals surface area contributed by atoms with Crippen molar-refractivity contribution in [2.45, 2.75) is 13.8 Å². The molecule has 0 spiro atoms. The number of nitrogens with zero attached hydrogens (tertiary/aromatic N) is 2. The predicted molar refractivity (Wildman–Crippen MR) is 102 cm³/mol. The van der Waals surface area contributed by atoms with E-state index in [1.807, 2.05) is 24.3 Å². The Morgan fingerprint density at radius 2 is 1.80 bits per heavy atom. The molecule has 1 amide bonds. The molecule has 0 bridgehead atoms. The van der Waals surface area contributed by atoms with Crippen LogP contribution in [0.5, 0.6) is 5.75 Å². The number of hydrogen-bond acceptors (Lipinski definition) is 4. The van der Waals surface area contributed by atoms with Gasteiger partial charge in [-0.15, -0.1) is 0 Å². The van der Waals surface area contributed by atoms with E-state index in [1.165, 1.54) is 0 Å². The van der Waals surface area contributed by atoms with Crippen molar-refractivity contribution in [3.8, 4) is 5.75 Å². The van der Waals surface area contributed by atoms with Crippen LogP contribution in [0.2, 0.25) is 0 Å². The van der Waals surface area contributed by atoms with E-state index in [0.717, 1.165) is 44.1 Å². The molecule has 3 rings (SSSR count). The van der Waals surface area contributed by atoms with Crippen LogP contribution in [0.4, 0.5) is 11.4 Å². The molecule has 5 heteroatoms. The van der Waals surface area contributed by atoms with Gasteiger partial charge in [0.2, 0.25) is 0 Å². The van der Waals surface area contributed by atoms with Gasteiger partial charge in [-0.1, -0.05) is 31.2 Å². The van der Waals surface area contributed by atoms with Gasteiger partial charge in [0, 0.05) is 26.2 Å². The fourth-order valence-electron chi connectivity index (χ4n) is 3.19. The molecular weight excluding hydrogens is 314 g/mol. The average Bonchev–Trinajstić information content (AvgIpc) is 2.64. The Kier molecular flexibility index (Phi) is 5.24. The lowest BCUT2D eigenvalue weighted by molar-refractivity contribution is 0.102. The number of benzene rings is 2. The number of aryl methyl sites for hydroxylation is 1. The molecule has 1 aliphatic rings. The van der Waals surface area contributed by atoms with Crippen molar-refractivity contribution in [1.29, 1.82) is 0 Å². The number of aromatic hydroxyl groups is 1. The number of phenolic OH excluding ortho intramolecular Hbond substituents is 1. The Bertz CT molecular complexity index is 752. The van der Waals surface area contributed by atoms with E-state index in [9.17, 15) is 9.90 Å². The molecule has 1 saturated heterocycles. The second kappa shape index (κ2) is 7.57. The molecule has 1 fully saturated rings. The number of hydrogen-bond donors (Lipinski definition) is 2. The number of carbonyl (C=O) groups excluding carboxylic acids is 1. The molecule has 25 heavy (non-hydrogen) atoms. The molecular formula is C20H25N3O2. The second-order valence-electron chi connectivity index (χ2n) is 6.36. The highest BCUT2D eigenvalue weighted by Gasteiger charge is 2.20. The summed E-state index contributed by atoms with van der Waals surface area (Å²) in [6.45, 7) is 8.96. The van der Waals surface area contributed by atoms with Crippen molar-refractivity contribution in [2.24, 2.45) is 0 Å². The van der Waals surface area contributed by atoms with Crippen LogP contribution >= 0.6 is 0 Å². The molecule has 0 radical (unpaired) electrons. The molecule has 0 aromatic heterocycles. The SMILES string of the molecule is CCN1CCN(c2ccccc2NC(=O)c2cccc(C)c2O)CC1. The molecule has 2 N–H and O–H groups in total. The van der Waals surface area contributed by atoms with E-state index in [1.54, 1.807) is 25.1 Å². The minimum absolute atomic E-state index is 0.0361. The zero-order valence-electron chi connectivity index (χ0n) is 14.8. The minimum Gasteiger partial charge on any atom is -0.507 e. The number of para-hydroxylation sites is 3. The molecule has 0 aliphatic carbocycles. The molecule has 2 aromatic carbocycles. The van der Waals surface area contributed by atoms with Gasteiger partial charge in [-0.05, 0) is 37.2 Å². The number of carbonyl (C=O) groups is 1. The summed E-state index contributed by atoms with van der Waals surface area (Å²) >= 11 is 0. The summed E-state index contributed by atoms with van der Waals surface area (Å²) < 4.78 is 0. The number of amides is 1. The van der Waals surface area contributed by atoms with Gasteiger partial charge in [0.15, 0.2) is 0 Å². The zero-order chi connectivity index (χ0) is 17.8. The fraction of sp³-hybridized carbons (Fsp3) is 0.350. The van der Waals surface area contributed by atoms with Gasteiger partial charge in [0.1, 0.15) is 5.75 Å². The maximum atomic E-state index is 12.6. The van der Waals surface area contributed by atoms with Crippen LogP contribution in [-0.2, 0) is 0 Å². The lowest BCUT2D eigenvalue weighted by Crippen LogP contribution is -2.46. The van der Waals surface area contributed by atoms with Gasteiger partial charge in [-0.25, -0.2) is 0 Å². The van der Waals surface area contributed by atoms with Crippen molar-refractivity contribution < 1.29 is 9.90 Å². The summed E-state index contributed by atoms with van der Waals surface area (Å²) in [5, 5.41) is 13.1. The standard InChI is InChI=1S/C20H25N3O2/c1-3-22-11-13-23(14-12-22)18-10-5-4-9-17(18)21-20(25)16-8-6-7-15(2)19(16)24/h4-10,24H,3,11-14H2,1-2H3,(H,21,25). The smallest absolute Gasteiger partial charge is 0.259 e. The summed E-state index contributed by atoms with van der Waals surface area (Å²) in [7, 11) is 0. The van der Waals surface area contributed by atoms with E-state index in [2.05, 4.69) is 22.0 Å². The highest BCUT2D eigenvalue weighted by molar-refractivity contribution is 6.07. The van der Waals surface area contributed by atoms with Gasteiger partial charge in [-0.3, -0.25) is 4.79 Å². The third kappa shape index (κ3) is 3.77. The van der Waals surface area contributed by atoms with Crippen molar-refractivity contribution in [3.63, 3.8) is 0 Å². The number of phenols is 1. The molecule has 0 saturated carbocycles. The van der Waals surface area contributed by atoms with Crippen LogP contribution in [0, 0.1) is 6.92 Å². The van der Waals surface area contributed by atoms with E-state index < -0.39 is 0 Å². The molecule has 132 valence electrons. The number of anilines is 2. The van der Waals surface area contributed by atoms with Gasteiger partial charge in [0.05, 0.1) is 16.9 Å². The van der Waals surface area contributed by atoms with Crippen LogP contribution < -0.4 is 10.2 Å².